The summed E-state index contributed by atoms with van der Waals surface area (Å²) in [6, 6.07) is 122. The number of hydrogen-bond acceptors (Lipinski definition) is 8. The second kappa shape index (κ2) is 25.5. The van der Waals surface area contributed by atoms with Crippen LogP contribution in [0, 0.1) is 0 Å². The Balaban J connectivity index is 0.000000145. The van der Waals surface area contributed by atoms with E-state index in [2.05, 4.69) is 261 Å². The third kappa shape index (κ3) is 11.3. The van der Waals surface area contributed by atoms with Crippen molar-refractivity contribution in [2.24, 2.45) is 0 Å². The molecule has 0 spiro atoms. The van der Waals surface area contributed by atoms with Gasteiger partial charge in [0, 0.05) is 88.0 Å². The number of pyridine rings is 4. The van der Waals surface area contributed by atoms with Crippen molar-refractivity contribution in [1.82, 2.24) is 39.9 Å². The lowest BCUT2D eigenvalue weighted by molar-refractivity contribution is 1.18. The van der Waals surface area contributed by atoms with Crippen molar-refractivity contribution in [1.29, 1.82) is 0 Å². The molecule has 0 saturated carbocycles. The van der Waals surface area contributed by atoms with Crippen LogP contribution < -0.4 is 0 Å². The van der Waals surface area contributed by atoms with Crippen molar-refractivity contribution >= 4 is 76.2 Å². The lowest BCUT2D eigenvalue weighted by atomic mass is 9.95. The zero-order valence-corrected chi connectivity index (χ0v) is 54.1. The first-order chi connectivity index (χ1) is 49.5. The van der Waals surface area contributed by atoms with Crippen LogP contribution in [-0.2, 0) is 0 Å². The molecule has 6 heterocycles. The SMILES string of the molecule is c1ccc(-c2cc(-c3ccc(-c4ccc5ccc6c(-c7ccccc7)c7ccccc7nc6c5n4)cc3)nc(-c3ccccc3)n2)cc1.c1ccc(-c2cc(-c3ccc4cc(-c5ccc6ccc7c(-c8ccccc8)c8ccccc8nc7c6n5)ccc4c3)nc(-c3ccccc3)n2)cc1. The number of nitrogens with zero attached hydrogens (tertiary/aromatic N) is 8. The number of rotatable bonds is 10. The molecule has 0 N–H and O–H groups in total. The number of aromatic nitrogens is 8. The maximum Gasteiger partial charge on any atom is 0.160 e. The molecule has 19 rings (SSSR count). The highest BCUT2D eigenvalue weighted by atomic mass is 14.9. The van der Waals surface area contributed by atoms with Crippen molar-refractivity contribution in [3.8, 4) is 113 Å². The zero-order valence-electron chi connectivity index (χ0n) is 54.1. The second-order valence-corrected chi connectivity index (χ2v) is 24.9. The predicted octanol–water partition coefficient (Wildman–Crippen LogP) is 23.3. The highest BCUT2D eigenvalue weighted by Crippen LogP contribution is 2.41. The molecule has 0 amide bonds. The van der Waals surface area contributed by atoms with Crippen molar-refractivity contribution in [2.45, 2.75) is 0 Å². The molecule has 466 valence electrons. The molecule has 0 atom stereocenters. The Morgan fingerprint density at radius 1 is 0.150 bits per heavy atom. The van der Waals surface area contributed by atoms with Gasteiger partial charge in [-0.1, -0.05) is 303 Å². The molecule has 8 heteroatoms. The summed E-state index contributed by atoms with van der Waals surface area (Å²) >= 11 is 0. The minimum atomic E-state index is 0.703. The zero-order chi connectivity index (χ0) is 66.3. The van der Waals surface area contributed by atoms with Crippen molar-refractivity contribution in [2.75, 3.05) is 0 Å². The summed E-state index contributed by atoms with van der Waals surface area (Å²) in [5, 5.41) is 8.87. The average molecular weight is 1280 g/mol. The van der Waals surface area contributed by atoms with Crippen LogP contribution in [0.1, 0.15) is 0 Å². The quantitative estimate of drug-likeness (QED) is 0.0985. The van der Waals surface area contributed by atoms with Crippen LogP contribution in [-0.4, -0.2) is 39.9 Å². The van der Waals surface area contributed by atoms with E-state index in [1.807, 2.05) is 91.0 Å². The molecule has 19 aromatic rings. The minimum Gasteiger partial charge on any atom is -0.245 e. The number of fused-ring (bicyclic) bond motifs is 9. The van der Waals surface area contributed by atoms with E-state index >= 15 is 0 Å². The maximum absolute atomic E-state index is 5.28. The van der Waals surface area contributed by atoms with E-state index in [0.29, 0.717) is 11.6 Å². The molecule has 100 heavy (non-hydrogen) atoms. The van der Waals surface area contributed by atoms with Crippen molar-refractivity contribution in [3.05, 3.63) is 352 Å². The third-order valence-corrected chi connectivity index (χ3v) is 18.7. The van der Waals surface area contributed by atoms with Gasteiger partial charge in [-0.25, -0.2) is 39.9 Å². The van der Waals surface area contributed by atoms with E-state index in [-0.39, 0.29) is 0 Å². The van der Waals surface area contributed by atoms with Gasteiger partial charge in [0.15, 0.2) is 11.6 Å². The molecule has 13 aromatic carbocycles. The molecule has 0 bridgehead atoms. The molecule has 0 saturated heterocycles. The van der Waals surface area contributed by atoms with Gasteiger partial charge in [-0.2, -0.15) is 0 Å². The van der Waals surface area contributed by atoms with Gasteiger partial charge in [0.05, 0.1) is 67.3 Å². The predicted molar refractivity (Wildman–Crippen MR) is 412 cm³/mol. The molecular formula is C92H58N8. The summed E-state index contributed by atoms with van der Waals surface area (Å²) in [5.74, 6) is 1.41. The molecule has 0 fully saturated rings. The van der Waals surface area contributed by atoms with Gasteiger partial charge in [0.1, 0.15) is 0 Å². The van der Waals surface area contributed by atoms with E-state index in [9.17, 15) is 0 Å². The largest absolute Gasteiger partial charge is 0.245 e. The molecular weight excluding hydrogens is 1220 g/mol. The Bertz CT molecular complexity index is 6180. The van der Waals surface area contributed by atoms with Crippen LogP contribution in [0.4, 0.5) is 0 Å². The fourth-order valence-electron chi connectivity index (χ4n) is 13.7. The Morgan fingerprint density at radius 2 is 0.440 bits per heavy atom. The van der Waals surface area contributed by atoms with Gasteiger partial charge in [-0.05, 0) is 70.4 Å². The summed E-state index contributed by atoms with van der Waals surface area (Å²) in [5.41, 5.74) is 23.8. The highest BCUT2D eigenvalue weighted by Gasteiger charge is 2.19. The van der Waals surface area contributed by atoms with Crippen molar-refractivity contribution in [3.63, 3.8) is 0 Å². The van der Waals surface area contributed by atoms with E-state index in [4.69, 9.17) is 39.9 Å². The van der Waals surface area contributed by atoms with Crippen LogP contribution >= 0.6 is 0 Å². The smallest absolute Gasteiger partial charge is 0.160 e. The van der Waals surface area contributed by atoms with Gasteiger partial charge < -0.3 is 0 Å². The van der Waals surface area contributed by atoms with Crippen molar-refractivity contribution < 1.29 is 0 Å². The van der Waals surface area contributed by atoms with E-state index in [1.54, 1.807) is 0 Å². The molecule has 0 unspecified atom stereocenters. The van der Waals surface area contributed by atoms with Gasteiger partial charge in [0.2, 0.25) is 0 Å². The van der Waals surface area contributed by atoms with Crippen LogP contribution in [0.15, 0.2) is 352 Å². The minimum absolute atomic E-state index is 0.703. The second-order valence-electron chi connectivity index (χ2n) is 24.9. The van der Waals surface area contributed by atoms with Crippen LogP contribution in [0.25, 0.3) is 189 Å². The third-order valence-electron chi connectivity index (χ3n) is 18.7. The summed E-state index contributed by atoms with van der Waals surface area (Å²) < 4.78 is 0. The highest BCUT2D eigenvalue weighted by molar-refractivity contribution is 6.18. The lowest BCUT2D eigenvalue weighted by Crippen LogP contribution is -1.96. The van der Waals surface area contributed by atoms with E-state index in [0.717, 1.165) is 155 Å². The molecule has 0 radical (unpaired) electrons. The molecule has 6 aromatic heterocycles. The molecule has 0 aliphatic rings. The fraction of sp³-hybridized carbons (Fsp3) is 0. The monoisotopic (exact) mass is 1270 g/mol. The van der Waals surface area contributed by atoms with E-state index < -0.39 is 0 Å². The first-order valence-electron chi connectivity index (χ1n) is 33.5. The maximum atomic E-state index is 5.28. The topological polar surface area (TPSA) is 103 Å². The Kier molecular flexibility index (Phi) is 15.1. The summed E-state index contributed by atoms with van der Waals surface area (Å²) in [6.45, 7) is 0. The molecule has 0 aliphatic heterocycles. The summed E-state index contributed by atoms with van der Waals surface area (Å²) in [4.78, 5) is 40.8. The standard InChI is InChI=1S/C48H30N4.C44H28N4/c1-4-12-31(13-5-1)43-30-44(52-48(51-43)34-16-8-3-9-17-34)38-23-21-35-28-37(22-20-36(35)29-38)41-27-25-33-24-26-40-45(32-14-6-2-7-15-32)39-18-10-11-19-42(39)50-47(40)46(33)49-41;1-4-12-29(13-5-1)39-28-40(48-44(47-39)34-16-8-3-9-17-34)31-22-20-30(21-23-31)37-27-25-33-24-26-36-41(32-14-6-2-7-15-32)35-18-10-11-19-38(35)46-43(36)42(33)45-37/h1-30H;1-28H. The Morgan fingerprint density at radius 3 is 0.850 bits per heavy atom. The van der Waals surface area contributed by atoms with E-state index in [1.165, 1.54) is 22.3 Å². The summed E-state index contributed by atoms with van der Waals surface area (Å²) in [6.07, 6.45) is 0. The van der Waals surface area contributed by atoms with Crippen LogP contribution in [0.3, 0.4) is 0 Å². The normalized spacial score (nSPS) is 11.4. The Labute approximate surface area is 577 Å². The number of benzene rings is 13. The fourth-order valence-corrected chi connectivity index (χ4v) is 13.7. The molecule has 0 aliphatic carbocycles. The van der Waals surface area contributed by atoms with Gasteiger partial charge in [-0.3, -0.25) is 0 Å². The number of para-hydroxylation sites is 2. The van der Waals surface area contributed by atoms with Gasteiger partial charge in [0.25, 0.3) is 0 Å². The van der Waals surface area contributed by atoms with Crippen LogP contribution in [0.2, 0.25) is 0 Å². The number of hydrogen-bond donors (Lipinski definition) is 0. The van der Waals surface area contributed by atoms with Gasteiger partial charge in [-0.15, -0.1) is 0 Å². The Hall–Kier alpha value is -13.6. The lowest BCUT2D eigenvalue weighted by Gasteiger charge is -2.13. The van der Waals surface area contributed by atoms with Gasteiger partial charge >= 0.3 is 0 Å². The van der Waals surface area contributed by atoms with Crippen LogP contribution in [0.5, 0.6) is 0 Å². The first-order valence-corrected chi connectivity index (χ1v) is 33.5. The first kappa shape index (κ1) is 59.0. The summed E-state index contributed by atoms with van der Waals surface area (Å²) in [7, 11) is 0. The average Bonchev–Trinajstić information content (AvgIpc) is 0.747. The molecule has 8 nitrogen and oxygen atoms in total.